The second-order valence-electron chi connectivity index (χ2n) is 5.28. The highest BCUT2D eigenvalue weighted by Crippen LogP contribution is 2.18. The van der Waals surface area contributed by atoms with Gasteiger partial charge in [0.2, 0.25) is 0 Å². The van der Waals surface area contributed by atoms with Gasteiger partial charge in [-0.1, -0.05) is 58.4 Å². The fourth-order valence-electron chi connectivity index (χ4n) is 2.26. The molecule has 0 aliphatic heterocycles. The number of hydrogen-bond acceptors (Lipinski definition) is 2. The Balaban J connectivity index is 1.57. The van der Waals surface area contributed by atoms with Gasteiger partial charge in [-0.05, 0) is 47.5 Å². The Hall–Kier alpha value is -2.26. The van der Waals surface area contributed by atoms with Gasteiger partial charge in [-0.2, -0.15) is 0 Å². The summed E-state index contributed by atoms with van der Waals surface area (Å²) in [5.74, 6) is 0.893. The van der Waals surface area contributed by atoms with Crippen molar-refractivity contribution >= 4 is 21.6 Å². The Labute approximate surface area is 145 Å². The van der Waals surface area contributed by atoms with Crippen LogP contribution in [0, 0.1) is 0 Å². The Bertz CT molecular complexity index is 741. The molecule has 0 saturated heterocycles. The molecule has 0 radical (unpaired) electrons. The van der Waals surface area contributed by atoms with Crippen molar-refractivity contribution in [2.45, 2.75) is 13.2 Å². The fraction of sp³-hybridized carbons (Fsp3) is 0.100. The molecule has 3 aromatic rings. The molecule has 0 heterocycles. The van der Waals surface area contributed by atoms with E-state index in [2.05, 4.69) is 57.6 Å². The zero-order chi connectivity index (χ0) is 15.9. The van der Waals surface area contributed by atoms with E-state index in [1.807, 2.05) is 42.5 Å². The predicted molar refractivity (Wildman–Crippen MR) is 98.7 cm³/mol. The molecule has 0 bridgehead atoms. The van der Waals surface area contributed by atoms with E-state index in [0.29, 0.717) is 6.61 Å². The molecule has 3 aromatic carbocycles. The van der Waals surface area contributed by atoms with Crippen molar-refractivity contribution in [2.24, 2.45) is 0 Å². The van der Waals surface area contributed by atoms with Gasteiger partial charge in [0.1, 0.15) is 12.4 Å². The predicted octanol–water partition coefficient (Wildman–Crippen LogP) is 5.64. The van der Waals surface area contributed by atoms with Crippen LogP contribution in [-0.4, -0.2) is 0 Å². The zero-order valence-electron chi connectivity index (χ0n) is 12.7. The molecule has 0 spiro atoms. The molecule has 0 saturated carbocycles. The lowest BCUT2D eigenvalue weighted by atomic mass is 10.2. The minimum Gasteiger partial charge on any atom is -0.489 e. The molecule has 23 heavy (non-hydrogen) atoms. The SMILES string of the molecule is Brc1ccc(NCc2cccc(OCc3ccccc3)c2)cc1. The number of rotatable bonds is 6. The quantitative estimate of drug-likeness (QED) is 0.608. The van der Waals surface area contributed by atoms with Gasteiger partial charge >= 0.3 is 0 Å². The average Bonchev–Trinajstić information content (AvgIpc) is 2.61. The van der Waals surface area contributed by atoms with Crippen molar-refractivity contribution in [3.05, 3.63) is 94.5 Å². The summed E-state index contributed by atoms with van der Waals surface area (Å²) in [5, 5.41) is 3.41. The first-order valence-corrected chi connectivity index (χ1v) is 8.34. The number of halogens is 1. The highest BCUT2D eigenvalue weighted by molar-refractivity contribution is 9.10. The Morgan fingerprint density at radius 1 is 0.783 bits per heavy atom. The molecule has 116 valence electrons. The van der Waals surface area contributed by atoms with Gasteiger partial charge in [-0.3, -0.25) is 0 Å². The van der Waals surface area contributed by atoms with Crippen LogP contribution in [0.4, 0.5) is 5.69 Å². The summed E-state index contributed by atoms with van der Waals surface area (Å²) >= 11 is 3.44. The van der Waals surface area contributed by atoms with Crippen LogP contribution in [0.15, 0.2) is 83.3 Å². The molecule has 3 rings (SSSR count). The van der Waals surface area contributed by atoms with Crippen molar-refractivity contribution in [1.82, 2.24) is 0 Å². The normalized spacial score (nSPS) is 10.3. The highest BCUT2D eigenvalue weighted by atomic mass is 79.9. The summed E-state index contributed by atoms with van der Waals surface area (Å²) in [7, 11) is 0. The number of nitrogens with one attached hydrogen (secondary N) is 1. The maximum Gasteiger partial charge on any atom is 0.120 e. The van der Waals surface area contributed by atoms with Crippen molar-refractivity contribution in [3.63, 3.8) is 0 Å². The lowest BCUT2D eigenvalue weighted by Gasteiger charge is -2.10. The van der Waals surface area contributed by atoms with E-state index in [0.717, 1.165) is 22.5 Å². The third-order valence-corrected chi connectivity index (χ3v) is 4.02. The summed E-state index contributed by atoms with van der Waals surface area (Å²) in [5.41, 5.74) is 3.47. The van der Waals surface area contributed by atoms with Gasteiger partial charge in [0.15, 0.2) is 0 Å². The molecular weight excluding hydrogens is 350 g/mol. The molecule has 1 N–H and O–H groups in total. The second kappa shape index (κ2) is 7.84. The fourth-order valence-corrected chi connectivity index (χ4v) is 2.52. The van der Waals surface area contributed by atoms with Crippen LogP contribution < -0.4 is 10.1 Å². The Morgan fingerprint density at radius 2 is 1.52 bits per heavy atom. The van der Waals surface area contributed by atoms with E-state index in [1.54, 1.807) is 0 Å². The summed E-state index contributed by atoms with van der Waals surface area (Å²) in [6.07, 6.45) is 0. The molecular formula is C20H18BrNO. The molecule has 0 fully saturated rings. The zero-order valence-corrected chi connectivity index (χ0v) is 14.3. The average molecular weight is 368 g/mol. The van der Waals surface area contributed by atoms with Crippen molar-refractivity contribution in [1.29, 1.82) is 0 Å². The van der Waals surface area contributed by atoms with E-state index >= 15 is 0 Å². The summed E-state index contributed by atoms with van der Waals surface area (Å²) < 4.78 is 6.95. The maximum atomic E-state index is 5.87. The van der Waals surface area contributed by atoms with Crippen LogP contribution in [0.1, 0.15) is 11.1 Å². The third kappa shape index (κ3) is 4.86. The Kier molecular flexibility index (Phi) is 5.33. The molecule has 2 nitrogen and oxygen atoms in total. The number of hydrogen-bond donors (Lipinski definition) is 1. The topological polar surface area (TPSA) is 21.3 Å². The van der Waals surface area contributed by atoms with Gasteiger partial charge in [0.25, 0.3) is 0 Å². The minimum atomic E-state index is 0.588. The highest BCUT2D eigenvalue weighted by Gasteiger charge is 1.99. The van der Waals surface area contributed by atoms with Gasteiger partial charge in [0.05, 0.1) is 0 Å². The Morgan fingerprint density at radius 3 is 2.30 bits per heavy atom. The first-order valence-electron chi connectivity index (χ1n) is 7.55. The first kappa shape index (κ1) is 15.6. The number of ether oxygens (including phenoxy) is 1. The van der Waals surface area contributed by atoms with Gasteiger partial charge < -0.3 is 10.1 Å². The monoisotopic (exact) mass is 367 g/mol. The maximum absolute atomic E-state index is 5.87. The summed E-state index contributed by atoms with van der Waals surface area (Å²) in [4.78, 5) is 0. The molecule has 0 aliphatic carbocycles. The van der Waals surface area contributed by atoms with Crippen molar-refractivity contribution < 1.29 is 4.74 Å². The van der Waals surface area contributed by atoms with Gasteiger partial charge in [-0.25, -0.2) is 0 Å². The number of benzene rings is 3. The van der Waals surface area contributed by atoms with Crippen LogP contribution in [0.2, 0.25) is 0 Å². The summed E-state index contributed by atoms with van der Waals surface area (Å²) in [6, 6.07) is 26.6. The van der Waals surface area contributed by atoms with E-state index < -0.39 is 0 Å². The number of anilines is 1. The summed E-state index contributed by atoms with van der Waals surface area (Å²) in [6.45, 7) is 1.36. The first-order chi connectivity index (χ1) is 11.3. The molecule has 0 aromatic heterocycles. The van der Waals surface area contributed by atoms with E-state index in [1.165, 1.54) is 11.1 Å². The molecule has 0 unspecified atom stereocenters. The van der Waals surface area contributed by atoms with Crippen LogP contribution >= 0.6 is 15.9 Å². The second-order valence-corrected chi connectivity index (χ2v) is 6.20. The smallest absolute Gasteiger partial charge is 0.120 e. The minimum absolute atomic E-state index is 0.588. The molecule has 3 heteroatoms. The van der Waals surface area contributed by atoms with Crippen LogP contribution in [0.3, 0.4) is 0 Å². The van der Waals surface area contributed by atoms with Crippen molar-refractivity contribution in [2.75, 3.05) is 5.32 Å². The largest absolute Gasteiger partial charge is 0.489 e. The van der Waals surface area contributed by atoms with E-state index in [4.69, 9.17) is 4.74 Å². The van der Waals surface area contributed by atoms with E-state index in [9.17, 15) is 0 Å². The van der Waals surface area contributed by atoms with Crippen molar-refractivity contribution in [3.8, 4) is 5.75 Å². The standard InChI is InChI=1S/C20H18BrNO/c21-18-9-11-19(12-10-18)22-14-17-7-4-8-20(13-17)23-15-16-5-2-1-3-6-16/h1-13,22H,14-15H2. The van der Waals surface area contributed by atoms with Gasteiger partial charge in [-0.15, -0.1) is 0 Å². The lowest BCUT2D eigenvalue weighted by molar-refractivity contribution is 0.306. The van der Waals surface area contributed by atoms with Gasteiger partial charge in [0, 0.05) is 16.7 Å². The molecule has 0 amide bonds. The lowest BCUT2D eigenvalue weighted by Crippen LogP contribution is -2.00. The van der Waals surface area contributed by atoms with Crippen LogP contribution in [0.25, 0.3) is 0 Å². The molecule has 0 aliphatic rings. The van der Waals surface area contributed by atoms with E-state index in [-0.39, 0.29) is 0 Å². The molecule has 0 atom stereocenters. The van der Waals surface area contributed by atoms with Crippen LogP contribution in [-0.2, 0) is 13.2 Å². The third-order valence-electron chi connectivity index (χ3n) is 3.49. The van der Waals surface area contributed by atoms with Crippen LogP contribution in [0.5, 0.6) is 5.75 Å².